The fraction of sp³-hybridized carbons (Fsp3) is 0.786. The number of halogens is 1. The summed E-state index contributed by atoms with van der Waals surface area (Å²) in [5.74, 6) is 0. The van der Waals surface area contributed by atoms with Gasteiger partial charge in [-0.15, -0.1) is 0 Å². The molecule has 0 radical (unpaired) electrons. The maximum absolute atomic E-state index is 9.60. The number of hydrogen-bond acceptors (Lipinski definition) is 3. The monoisotopic (exact) mass is 329 g/mol. The summed E-state index contributed by atoms with van der Waals surface area (Å²) in [5.41, 5.74) is 2.32. The minimum atomic E-state index is -0.216. The van der Waals surface area contributed by atoms with Gasteiger partial charge in [-0.3, -0.25) is 9.58 Å². The van der Waals surface area contributed by atoms with Gasteiger partial charge >= 0.3 is 0 Å². The molecule has 2 atom stereocenters. The van der Waals surface area contributed by atoms with Crippen LogP contribution >= 0.6 is 15.9 Å². The fourth-order valence-electron chi connectivity index (χ4n) is 2.98. The third-order valence-corrected chi connectivity index (χ3v) is 4.95. The van der Waals surface area contributed by atoms with Crippen LogP contribution in [-0.2, 0) is 13.1 Å². The van der Waals surface area contributed by atoms with Crippen LogP contribution in [0.5, 0.6) is 0 Å². The molecule has 0 aromatic carbocycles. The number of aryl methyl sites for hydroxylation is 2. The molecule has 0 spiro atoms. The van der Waals surface area contributed by atoms with E-state index >= 15 is 0 Å². The van der Waals surface area contributed by atoms with Gasteiger partial charge in [-0.2, -0.15) is 5.10 Å². The molecule has 1 fully saturated rings. The van der Waals surface area contributed by atoms with Crippen LogP contribution in [0.15, 0.2) is 4.47 Å². The quantitative estimate of drug-likeness (QED) is 0.903. The van der Waals surface area contributed by atoms with Crippen LogP contribution in [0.2, 0.25) is 0 Å². The second-order valence-electron chi connectivity index (χ2n) is 5.51. The molecule has 0 aliphatic carbocycles. The smallest absolute Gasteiger partial charge is 0.0739 e. The van der Waals surface area contributed by atoms with Crippen LogP contribution in [0.25, 0.3) is 0 Å². The van der Waals surface area contributed by atoms with Gasteiger partial charge in [0.2, 0.25) is 0 Å². The molecule has 5 heteroatoms. The molecule has 1 N–H and O–H groups in total. The van der Waals surface area contributed by atoms with E-state index < -0.39 is 0 Å². The highest BCUT2D eigenvalue weighted by atomic mass is 79.9. The average Bonchev–Trinajstić information content (AvgIpc) is 2.88. The van der Waals surface area contributed by atoms with Gasteiger partial charge in [0, 0.05) is 19.1 Å². The van der Waals surface area contributed by atoms with E-state index in [4.69, 9.17) is 0 Å². The maximum Gasteiger partial charge on any atom is 0.0739 e. The molecule has 0 saturated carbocycles. The van der Waals surface area contributed by atoms with Crippen LogP contribution in [0.4, 0.5) is 0 Å². The van der Waals surface area contributed by atoms with Gasteiger partial charge in [-0.05, 0) is 62.5 Å². The van der Waals surface area contributed by atoms with Gasteiger partial charge in [0.15, 0.2) is 0 Å². The van der Waals surface area contributed by atoms with E-state index in [2.05, 4.69) is 37.5 Å². The van der Waals surface area contributed by atoms with Gasteiger partial charge < -0.3 is 5.11 Å². The zero-order valence-corrected chi connectivity index (χ0v) is 13.7. The normalized spacial score (nSPS) is 22.1. The van der Waals surface area contributed by atoms with Crippen LogP contribution in [0.3, 0.4) is 0 Å². The summed E-state index contributed by atoms with van der Waals surface area (Å²) in [6, 6.07) is 0.507. The highest BCUT2D eigenvalue weighted by molar-refractivity contribution is 9.10. The van der Waals surface area contributed by atoms with Crippen molar-refractivity contribution in [3.05, 3.63) is 15.9 Å². The van der Waals surface area contributed by atoms with Gasteiger partial charge in [-0.25, -0.2) is 0 Å². The molecule has 1 aromatic rings. The van der Waals surface area contributed by atoms with Gasteiger partial charge in [-0.1, -0.05) is 0 Å². The topological polar surface area (TPSA) is 41.3 Å². The van der Waals surface area contributed by atoms with Crippen molar-refractivity contribution in [2.75, 3.05) is 6.54 Å². The Bertz CT molecular complexity index is 431. The van der Waals surface area contributed by atoms with Crippen LogP contribution in [-0.4, -0.2) is 38.5 Å². The lowest BCUT2D eigenvalue weighted by molar-refractivity contribution is 0.129. The number of nitrogens with zero attached hydrogens (tertiary/aromatic N) is 3. The van der Waals surface area contributed by atoms with Crippen molar-refractivity contribution >= 4 is 15.9 Å². The van der Waals surface area contributed by atoms with Crippen molar-refractivity contribution in [3.8, 4) is 0 Å². The molecule has 1 aliphatic rings. The van der Waals surface area contributed by atoms with E-state index in [9.17, 15) is 5.11 Å². The molecule has 19 heavy (non-hydrogen) atoms. The first-order valence-corrected chi connectivity index (χ1v) is 7.96. The fourth-order valence-corrected chi connectivity index (χ4v) is 3.39. The Hall–Kier alpha value is -0.390. The van der Waals surface area contributed by atoms with Crippen LogP contribution in [0.1, 0.15) is 44.5 Å². The van der Waals surface area contributed by atoms with Crippen molar-refractivity contribution in [3.63, 3.8) is 0 Å². The molecule has 4 nitrogen and oxygen atoms in total. The number of rotatable bonds is 5. The maximum atomic E-state index is 9.60. The summed E-state index contributed by atoms with van der Waals surface area (Å²) >= 11 is 3.66. The molecule has 108 valence electrons. The SMILES string of the molecule is CCn1nc(C)c(Br)c1CN1CCCC1CC(C)O. The highest BCUT2D eigenvalue weighted by Gasteiger charge is 2.27. The van der Waals surface area contributed by atoms with E-state index in [0.717, 1.165) is 36.2 Å². The number of likely N-dealkylation sites (tertiary alicyclic amines) is 1. The van der Waals surface area contributed by atoms with E-state index in [1.54, 1.807) is 0 Å². The molecule has 1 saturated heterocycles. The second kappa shape index (κ2) is 6.37. The Morgan fingerprint density at radius 1 is 1.53 bits per heavy atom. The Morgan fingerprint density at radius 3 is 2.89 bits per heavy atom. The lowest BCUT2D eigenvalue weighted by Gasteiger charge is -2.25. The van der Waals surface area contributed by atoms with Crippen LogP contribution in [0, 0.1) is 6.92 Å². The highest BCUT2D eigenvalue weighted by Crippen LogP contribution is 2.28. The number of aliphatic hydroxyl groups excluding tert-OH is 1. The average molecular weight is 330 g/mol. The number of aliphatic hydroxyl groups is 1. The second-order valence-corrected chi connectivity index (χ2v) is 6.31. The minimum Gasteiger partial charge on any atom is -0.393 e. The summed E-state index contributed by atoms with van der Waals surface area (Å²) in [7, 11) is 0. The van der Waals surface area contributed by atoms with Crippen molar-refractivity contribution in [2.45, 2.75) is 65.3 Å². The van der Waals surface area contributed by atoms with Crippen molar-refractivity contribution in [1.29, 1.82) is 0 Å². The summed E-state index contributed by atoms with van der Waals surface area (Å²) in [6.45, 7) is 8.99. The Labute approximate surface area is 123 Å². The van der Waals surface area contributed by atoms with E-state index in [0.29, 0.717) is 6.04 Å². The molecule has 0 bridgehead atoms. The molecule has 2 rings (SSSR count). The Balaban J connectivity index is 2.12. The Kier molecular flexibility index (Phi) is 5.03. The van der Waals surface area contributed by atoms with E-state index in [1.165, 1.54) is 18.5 Å². The zero-order chi connectivity index (χ0) is 14.0. The van der Waals surface area contributed by atoms with Gasteiger partial charge in [0.1, 0.15) is 0 Å². The van der Waals surface area contributed by atoms with Crippen molar-refractivity contribution < 1.29 is 5.11 Å². The molecule has 2 unspecified atom stereocenters. The van der Waals surface area contributed by atoms with Crippen LogP contribution < -0.4 is 0 Å². The first-order chi connectivity index (χ1) is 9.02. The lowest BCUT2D eigenvalue weighted by Crippen LogP contribution is -2.32. The Morgan fingerprint density at radius 2 is 2.26 bits per heavy atom. The first-order valence-electron chi connectivity index (χ1n) is 7.16. The predicted molar refractivity (Wildman–Crippen MR) is 80.1 cm³/mol. The third kappa shape index (κ3) is 3.38. The number of aromatic nitrogens is 2. The molecular weight excluding hydrogens is 306 g/mol. The molecule has 0 amide bonds. The molecule has 1 aromatic heterocycles. The molecule has 1 aliphatic heterocycles. The minimum absolute atomic E-state index is 0.216. The third-order valence-electron chi connectivity index (χ3n) is 3.92. The summed E-state index contributed by atoms with van der Waals surface area (Å²) in [4.78, 5) is 2.49. The summed E-state index contributed by atoms with van der Waals surface area (Å²) < 4.78 is 3.22. The molecular formula is C14H24BrN3O. The van der Waals surface area contributed by atoms with Gasteiger partial charge in [0.05, 0.1) is 22.0 Å². The van der Waals surface area contributed by atoms with E-state index in [1.807, 2.05) is 13.8 Å². The molecule has 2 heterocycles. The van der Waals surface area contributed by atoms with Gasteiger partial charge in [0.25, 0.3) is 0 Å². The first kappa shape index (κ1) is 15.0. The summed E-state index contributed by atoms with van der Waals surface area (Å²) in [5, 5.41) is 14.2. The zero-order valence-electron chi connectivity index (χ0n) is 12.1. The largest absolute Gasteiger partial charge is 0.393 e. The van der Waals surface area contributed by atoms with E-state index in [-0.39, 0.29) is 6.10 Å². The lowest BCUT2D eigenvalue weighted by atomic mass is 10.1. The van der Waals surface area contributed by atoms with Crippen molar-refractivity contribution in [1.82, 2.24) is 14.7 Å². The predicted octanol–water partition coefficient (Wildman–Crippen LogP) is 2.71. The standard InChI is InChI=1S/C14H24BrN3O/c1-4-18-13(14(15)11(3)16-18)9-17-7-5-6-12(17)8-10(2)19/h10,12,19H,4-9H2,1-3H3. The van der Waals surface area contributed by atoms with Crippen molar-refractivity contribution in [2.24, 2.45) is 0 Å². The summed E-state index contributed by atoms with van der Waals surface area (Å²) in [6.07, 6.45) is 3.08. The number of hydrogen-bond donors (Lipinski definition) is 1.